The first-order chi connectivity index (χ1) is 15.6. The normalized spacial score (nSPS) is 13.1. The molecule has 176 valence electrons. The first-order valence-corrected chi connectivity index (χ1v) is 11.8. The second kappa shape index (κ2) is 17.9. The Hall–Kier alpha value is -2.75. The zero-order chi connectivity index (χ0) is 23.4. The lowest BCUT2D eigenvalue weighted by Crippen LogP contribution is -2.25. The lowest BCUT2D eigenvalue weighted by atomic mass is 9.94. The van der Waals surface area contributed by atoms with E-state index < -0.39 is 0 Å². The van der Waals surface area contributed by atoms with Crippen molar-refractivity contribution in [2.75, 3.05) is 7.11 Å². The van der Waals surface area contributed by atoms with E-state index in [1.165, 1.54) is 32.8 Å². The number of phenolic OH excluding ortho intramolecular Hbond substituents is 1. The van der Waals surface area contributed by atoms with Crippen LogP contribution in [-0.4, -0.2) is 18.1 Å². The van der Waals surface area contributed by atoms with Gasteiger partial charge in [0, 0.05) is 5.92 Å². The van der Waals surface area contributed by atoms with Crippen molar-refractivity contribution in [2.45, 2.75) is 71.1 Å². The molecule has 4 nitrogen and oxygen atoms in total. The number of aromatic hydroxyl groups is 1. The number of nitrogens with two attached hydrogens (primary N) is 1. The molecule has 1 aromatic carbocycles. The third-order valence-corrected chi connectivity index (χ3v) is 5.27. The zero-order valence-corrected chi connectivity index (χ0v) is 19.8. The van der Waals surface area contributed by atoms with E-state index in [4.69, 9.17) is 10.5 Å². The standard InChI is InChI=1S/C28H41NO3/c1-3-4-5-6-7-8-9-10-11-12-13-14-15-16-17-18-19-25(28(29)31)22-24-20-21-26(30)27(23-24)32-2/h7-8,10-11,13-14,16-17,20-21,23,25,30H,3-6,9,12,15,18-19,22H2,1-2H3,(H2,29,31). The maximum Gasteiger partial charge on any atom is 0.220 e. The number of benzene rings is 1. The molecule has 0 fully saturated rings. The predicted octanol–water partition coefficient (Wildman–Crippen LogP) is 6.80. The summed E-state index contributed by atoms with van der Waals surface area (Å²) in [6.45, 7) is 2.23. The number of primary amides is 1. The quantitative estimate of drug-likeness (QED) is 0.207. The molecule has 1 atom stereocenters. The van der Waals surface area contributed by atoms with Crippen LogP contribution in [0.1, 0.15) is 70.3 Å². The van der Waals surface area contributed by atoms with Gasteiger partial charge in [-0.2, -0.15) is 0 Å². The average molecular weight is 440 g/mol. The van der Waals surface area contributed by atoms with Gasteiger partial charge in [0.15, 0.2) is 11.5 Å². The molecule has 0 heterocycles. The second-order valence-electron chi connectivity index (χ2n) is 7.98. The Balaban J connectivity index is 2.23. The molecule has 0 saturated heterocycles. The van der Waals surface area contributed by atoms with Gasteiger partial charge in [0.1, 0.15) is 0 Å². The van der Waals surface area contributed by atoms with E-state index in [1.807, 2.05) is 0 Å². The van der Waals surface area contributed by atoms with Gasteiger partial charge < -0.3 is 15.6 Å². The number of unbranched alkanes of at least 4 members (excludes halogenated alkanes) is 3. The Bertz CT molecular complexity index is 762. The summed E-state index contributed by atoms with van der Waals surface area (Å²) in [5, 5.41) is 9.70. The van der Waals surface area contributed by atoms with E-state index in [2.05, 4.69) is 55.5 Å². The summed E-state index contributed by atoms with van der Waals surface area (Å²) >= 11 is 0. The van der Waals surface area contributed by atoms with Crippen molar-refractivity contribution >= 4 is 5.91 Å². The number of allylic oxidation sites excluding steroid dienone is 8. The third kappa shape index (κ3) is 12.8. The van der Waals surface area contributed by atoms with Gasteiger partial charge in [0.05, 0.1) is 7.11 Å². The molecule has 0 aliphatic rings. The molecule has 0 radical (unpaired) electrons. The molecule has 4 heteroatoms. The summed E-state index contributed by atoms with van der Waals surface area (Å²) in [5.41, 5.74) is 6.51. The van der Waals surface area contributed by atoms with Crippen LogP contribution in [-0.2, 0) is 11.2 Å². The van der Waals surface area contributed by atoms with Crippen LogP contribution in [0.25, 0.3) is 0 Å². The fraction of sp³-hybridized carbons (Fsp3) is 0.464. The van der Waals surface area contributed by atoms with E-state index in [-0.39, 0.29) is 17.6 Å². The van der Waals surface area contributed by atoms with Crippen molar-refractivity contribution in [3.8, 4) is 11.5 Å². The van der Waals surface area contributed by atoms with Crippen LogP contribution in [0.3, 0.4) is 0 Å². The van der Waals surface area contributed by atoms with E-state index in [0.29, 0.717) is 18.6 Å². The lowest BCUT2D eigenvalue weighted by Gasteiger charge is -2.13. The first-order valence-electron chi connectivity index (χ1n) is 11.8. The number of rotatable bonds is 17. The molecule has 0 aliphatic heterocycles. The minimum Gasteiger partial charge on any atom is -0.504 e. The highest BCUT2D eigenvalue weighted by Gasteiger charge is 2.16. The van der Waals surface area contributed by atoms with E-state index >= 15 is 0 Å². The monoisotopic (exact) mass is 439 g/mol. The topological polar surface area (TPSA) is 72.6 Å². The van der Waals surface area contributed by atoms with Gasteiger partial charge >= 0.3 is 0 Å². The Morgan fingerprint density at radius 1 is 0.969 bits per heavy atom. The predicted molar refractivity (Wildman–Crippen MR) is 135 cm³/mol. The molecular weight excluding hydrogens is 398 g/mol. The van der Waals surface area contributed by atoms with Crippen molar-refractivity contribution in [3.63, 3.8) is 0 Å². The molecular formula is C28H41NO3. The Labute approximate surface area is 194 Å². The number of carbonyl (C=O) groups is 1. The molecule has 1 amide bonds. The molecule has 0 bridgehead atoms. The minimum atomic E-state index is -0.298. The van der Waals surface area contributed by atoms with Gasteiger partial charge in [-0.15, -0.1) is 0 Å². The maximum absolute atomic E-state index is 11.8. The number of hydrogen-bond donors (Lipinski definition) is 2. The maximum atomic E-state index is 11.8. The highest BCUT2D eigenvalue weighted by molar-refractivity contribution is 5.77. The molecule has 1 unspecified atom stereocenters. The average Bonchev–Trinajstić information content (AvgIpc) is 2.78. The van der Waals surface area contributed by atoms with Crippen molar-refractivity contribution < 1.29 is 14.6 Å². The summed E-state index contributed by atoms with van der Waals surface area (Å²) in [4.78, 5) is 11.8. The largest absolute Gasteiger partial charge is 0.504 e. The van der Waals surface area contributed by atoms with Crippen LogP contribution in [0, 0.1) is 5.92 Å². The molecule has 1 rings (SSSR count). The van der Waals surface area contributed by atoms with Crippen LogP contribution >= 0.6 is 0 Å². The van der Waals surface area contributed by atoms with E-state index in [9.17, 15) is 9.90 Å². The fourth-order valence-electron chi connectivity index (χ4n) is 3.34. The molecule has 32 heavy (non-hydrogen) atoms. The van der Waals surface area contributed by atoms with Crippen LogP contribution in [0.5, 0.6) is 11.5 Å². The number of hydrogen-bond acceptors (Lipinski definition) is 3. The molecule has 1 aromatic rings. The van der Waals surface area contributed by atoms with Gasteiger partial charge in [-0.3, -0.25) is 4.79 Å². The van der Waals surface area contributed by atoms with Crippen molar-refractivity contribution in [2.24, 2.45) is 11.7 Å². The van der Waals surface area contributed by atoms with E-state index in [1.54, 1.807) is 18.2 Å². The molecule has 0 saturated carbocycles. The van der Waals surface area contributed by atoms with Crippen LogP contribution in [0.4, 0.5) is 0 Å². The van der Waals surface area contributed by atoms with Crippen LogP contribution in [0.2, 0.25) is 0 Å². The van der Waals surface area contributed by atoms with Gasteiger partial charge in [-0.25, -0.2) is 0 Å². The van der Waals surface area contributed by atoms with Gasteiger partial charge in [0.25, 0.3) is 0 Å². The SMILES string of the molecule is CCCCCC=CCC=CCC=CCC=CCCC(Cc1ccc(O)c(OC)c1)C(N)=O. The summed E-state index contributed by atoms with van der Waals surface area (Å²) in [6, 6.07) is 5.13. The number of ether oxygens (including phenoxy) is 1. The Morgan fingerprint density at radius 3 is 2.12 bits per heavy atom. The Morgan fingerprint density at radius 2 is 1.56 bits per heavy atom. The summed E-state index contributed by atoms with van der Waals surface area (Å²) in [7, 11) is 1.51. The number of methoxy groups -OCH3 is 1. The Kier molecular flexibility index (Phi) is 15.2. The van der Waals surface area contributed by atoms with Gasteiger partial charge in [-0.1, -0.05) is 74.4 Å². The van der Waals surface area contributed by atoms with Gasteiger partial charge in [0.2, 0.25) is 5.91 Å². The van der Waals surface area contributed by atoms with Gasteiger partial charge in [-0.05, 0) is 69.1 Å². The molecule has 0 aromatic heterocycles. The van der Waals surface area contributed by atoms with E-state index in [0.717, 1.165) is 31.2 Å². The van der Waals surface area contributed by atoms with Crippen LogP contribution < -0.4 is 10.5 Å². The number of amides is 1. The zero-order valence-electron chi connectivity index (χ0n) is 19.8. The van der Waals surface area contributed by atoms with Crippen molar-refractivity contribution in [1.29, 1.82) is 0 Å². The fourth-order valence-corrected chi connectivity index (χ4v) is 3.34. The third-order valence-electron chi connectivity index (χ3n) is 5.27. The highest BCUT2D eigenvalue weighted by atomic mass is 16.5. The highest BCUT2D eigenvalue weighted by Crippen LogP contribution is 2.28. The minimum absolute atomic E-state index is 0.0907. The summed E-state index contributed by atoms with van der Waals surface area (Å²) in [6.07, 6.45) is 27.5. The molecule has 3 N–H and O–H groups in total. The van der Waals surface area contributed by atoms with Crippen LogP contribution in [0.15, 0.2) is 66.8 Å². The summed E-state index contributed by atoms with van der Waals surface area (Å²) in [5.74, 6) is -0.0395. The second-order valence-corrected chi connectivity index (χ2v) is 7.98. The summed E-state index contributed by atoms with van der Waals surface area (Å²) < 4.78 is 5.13. The number of phenols is 1. The molecule has 0 aliphatic carbocycles. The van der Waals surface area contributed by atoms with Crippen molar-refractivity contribution in [3.05, 3.63) is 72.4 Å². The lowest BCUT2D eigenvalue weighted by molar-refractivity contribution is -0.121. The smallest absolute Gasteiger partial charge is 0.220 e. The first kappa shape index (κ1) is 27.3. The number of carbonyl (C=O) groups excluding carboxylic acids is 1. The molecule has 0 spiro atoms. The van der Waals surface area contributed by atoms with Crippen molar-refractivity contribution in [1.82, 2.24) is 0 Å².